The third-order valence-electron chi connectivity index (χ3n) is 2.19. The van der Waals surface area contributed by atoms with Crippen molar-refractivity contribution in [2.75, 3.05) is 13.2 Å². The topological polar surface area (TPSA) is 71.6 Å². The van der Waals surface area contributed by atoms with E-state index >= 15 is 0 Å². The van der Waals surface area contributed by atoms with Crippen molar-refractivity contribution < 1.29 is 14.3 Å². The van der Waals surface area contributed by atoms with Crippen molar-refractivity contribution in [3.05, 3.63) is 0 Å². The fourth-order valence-corrected chi connectivity index (χ4v) is 1.60. The summed E-state index contributed by atoms with van der Waals surface area (Å²) in [5.41, 5.74) is 4.40. The van der Waals surface area contributed by atoms with Crippen LogP contribution < -0.4 is 16.2 Å². The molecule has 6 nitrogen and oxygen atoms in total. The lowest BCUT2D eigenvalue weighted by atomic mass is 10.2. The second kappa shape index (κ2) is 6.75. The van der Waals surface area contributed by atoms with E-state index in [0.29, 0.717) is 11.7 Å². The molecule has 0 spiro atoms. The molecule has 1 unspecified atom stereocenters. The van der Waals surface area contributed by atoms with Crippen molar-refractivity contribution in [3.63, 3.8) is 0 Å². The molecule has 0 radical (unpaired) electrons. The number of hydrogen-bond donors (Lipinski definition) is 3. The van der Waals surface area contributed by atoms with Gasteiger partial charge in [0, 0.05) is 13.2 Å². The standard InChI is InChI=1S/C11H21N3O3S/c1-11(2,3)17-10(15)14-13-9(18)12-7-8-5-4-6-16-8/h8H,4-7H2,1-3H3,(H,14,15)(H2,12,13,18). The molecule has 3 N–H and O–H groups in total. The molecule has 0 aromatic carbocycles. The van der Waals surface area contributed by atoms with Crippen LogP contribution >= 0.6 is 12.2 Å². The monoisotopic (exact) mass is 275 g/mol. The van der Waals surface area contributed by atoms with Crippen molar-refractivity contribution in [1.29, 1.82) is 0 Å². The number of thiocarbonyl (C=S) groups is 1. The molecule has 0 aliphatic carbocycles. The van der Waals surface area contributed by atoms with E-state index in [2.05, 4.69) is 16.2 Å². The van der Waals surface area contributed by atoms with E-state index in [-0.39, 0.29) is 6.10 Å². The van der Waals surface area contributed by atoms with Gasteiger partial charge < -0.3 is 14.8 Å². The molecule has 7 heteroatoms. The number of hydrogen-bond acceptors (Lipinski definition) is 4. The van der Waals surface area contributed by atoms with Crippen LogP contribution in [0, 0.1) is 0 Å². The molecule has 18 heavy (non-hydrogen) atoms. The Morgan fingerprint density at radius 1 is 1.44 bits per heavy atom. The molecule has 1 amide bonds. The number of carbonyl (C=O) groups is 1. The van der Waals surface area contributed by atoms with Crippen molar-refractivity contribution in [2.24, 2.45) is 0 Å². The Bertz CT molecular complexity index is 298. The summed E-state index contributed by atoms with van der Waals surface area (Å²) in [7, 11) is 0. The van der Waals surface area contributed by atoms with Gasteiger partial charge in [-0.15, -0.1) is 0 Å². The maximum absolute atomic E-state index is 11.3. The van der Waals surface area contributed by atoms with Gasteiger partial charge in [0.15, 0.2) is 5.11 Å². The largest absolute Gasteiger partial charge is 0.443 e. The van der Waals surface area contributed by atoms with Crippen molar-refractivity contribution in [2.45, 2.75) is 45.3 Å². The van der Waals surface area contributed by atoms with Gasteiger partial charge in [-0.3, -0.25) is 5.43 Å². The summed E-state index contributed by atoms with van der Waals surface area (Å²) in [6.45, 7) is 6.83. The molecule has 1 aliphatic heterocycles. The molecular formula is C11H21N3O3S. The molecule has 0 aromatic rings. The molecule has 1 atom stereocenters. The number of carbonyl (C=O) groups excluding carboxylic acids is 1. The van der Waals surface area contributed by atoms with E-state index < -0.39 is 11.7 Å². The van der Waals surface area contributed by atoms with Crippen LogP contribution in [0.5, 0.6) is 0 Å². The molecule has 104 valence electrons. The van der Waals surface area contributed by atoms with Gasteiger partial charge in [0.05, 0.1) is 6.10 Å². The van der Waals surface area contributed by atoms with Crippen LogP contribution in [0.4, 0.5) is 4.79 Å². The lowest BCUT2D eigenvalue weighted by Gasteiger charge is -2.20. The average molecular weight is 275 g/mol. The number of nitrogens with one attached hydrogen (secondary N) is 3. The fraction of sp³-hybridized carbons (Fsp3) is 0.818. The summed E-state index contributed by atoms with van der Waals surface area (Å²) >= 11 is 5.00. The van der Waals surface area contributed by atoms with Gasteiger partial charge in [0.1, 0.15) is 5.60 Å². The first-order valence-electron chi connectivity index (χ1n) is 6.01. The molecule has 0 saturated carbocycles. The first-order valence-corrected chi connectivity index (χ1v) is 6.42. The van der Waals surface area contributed by atoms with Crippen LogP contribution in [0.15, 0.2) is 0 Å². The molecule has 1 heterocycles. The Morgan fingerprint density at radius 3 is 2.72 bits per heavy atom. The molecule has 1 rings (SSSR count). The summed E-state index contributed by atoms with van der Waals surface area (Å²) in [5.74, 6) is 0. The van der Waals surface area contributed by atoms with Crippen LogP contribution in [0.25, 0.3) is 0 Å². The molecule has 1 saturated heterocycles. The Hall–Kier alpha value is -1.08. The van der Waals surface area contributed by atoms with Gasteiger partial charge in [-0.2, -0.15) is 0 Å². The minimum absolute atomic E-state index is 0.200. The van der Waals surface area contributed by atoms with Gasteiger partial charge in [0.2, 0.25) is 0 Å². The minimum atomic E-state index is -0.566. The highest BCUT2D eigenvalue weighted by molar-refractivity contribution is 7.80. The maximum Gasteiger partial charge on any atom is 0.426 e. The van der Waals surface area contributed by atoms with Crippen LogP contribution in [-0.4, -0.2) is 36.1 Å². The number of ether oxygens (including phenoxy) is 2. The highest BCUT2D eigenvalue weighted by Crippen LogP contribution is 2.10. The van der Waals surface area contributed by atoms with Gasteiger partial charge in [0.25, 0.3) is 0 Å². The molecule has 0 aromatic heterocycles. The number of amides is 1. The van der Waals surface area contributed by atoms with Crippen molar-refractivity contribution >= 4 is 23.4 Å². The second-order valence-electron chi connectivity index (χ2n) is 5.10. The highest BCUT2D eigenvalue weighted by atomic mass is 32.1. The van der Waals surface area contributed by atoms with Gasteiger partial charge >= 0.3 is 6.09 Å². The Balaban J connectivity index is 2.10. The number of rotatable bonds is 2. The second-order valence-corrected chi connectivity index (χ2v) is 5.51. The van der Waals surface area contributed by atoms with Gasteiger partial charge in [-0.25, -0.2) is 10.2 Å². The third kappa shape index (κ3) is 6.61. The first kappa shape index (κ1) is 15.0. The Labute approximate surface area is 113 Å². The quantitative estimate of drug-likeness (QED) is 0.517. The highest BCUT2D eigenvalue weighted by Gasteiger charge is 2.17. The lowest BCUT2D eigenvalue weighted by Crippen LogP contribution is -2.49. The van der Waals surface area contributed by atoms with Crippen LogP contribution in [0.3, 0.4) is 0 Å². The summed E-state index contributed by atoms with van der Waals surface area (Å²) in [6.07, 6.45) is 1.76. The van der Waals surface area contributed by atoms with E-state index in [0.717, 1.165) is 19.4 Å². The molecule has 1 aliphatic rings. The van der Waals surface area contributed by atoms with Gasteiger partial charge in [-0.1, -0.05) is 0 Å². The summed E-state index contributed by atoms with van der Waals surface area (Å²) in [5, 5.41) is 3.31. The molecule has 1 fully saturated rings. The fourth-order valence-electron chi connectivity index (χ4n) is 1.47. The SMILES string of the molecule is CC(C)(C)OC(=O)NNC(=S)NCC1CCCO1. The average Bonchev–Trinajstić information content (AvgIpc) is 2.74. The van der Waals surface area contributed by atoms with Crippen LogP contribution in [0.1, 0.15) is 33.6 Å². The van der Waals surface area contributed by atoms with E-state index in [1.54, 1.807) is 20.8 Å². The summed E-state index contributed by atoms with van der Waals surface area (Å²) < 4.78 is 10.5. The predicted octanol–water partition coefficient (Wildman–Crippen LogP) is 1.07. The third-order valence-corrected chi connectivity index (χ3v) is 2.44. The van der Waals surface area contributed by atoms with E-state index in [9.17, 15) is 4.79 Å². The summed E-state index contributed by atoms with van der Waals surface area (Å²) in [6, 6.07) is 0. The Kier molecular flexibility index (Phi) is 5.61. The van der Waals surface area contributed by atoms with Crippen LogP contribution in [0.2, 0.25) is 0 Å². The van der Waals surface area contributed by atoms with Crippen LogP contribution in [-0.2, 0) is 9.47 Å². The van der Waals surface area contributed by atoms with Gasteiger partial charge in [-0.05, 0) is 45.8 Å². The van der Waals surface area contributed by atoms with E-state index in [1.807, 2.05) is 0 Å². The predicted molar refractivity (Wildman–Crippen MR) is 72.1 cm³/mol. The zero-order chi connectivity index (χ0) is 13.6. The zero-order valence-electron chi connectivity index (χ0n) is 11.0. The Morgan fingerprint density at radius 2 is 2.17 bits per heavy atom. The summed E-state index contributed by atoms with van der Waals surface area (Å²) in [4.78, 5) is 11.3. The number of hydrazine groups is 1. The van der Waals surface area contributed by atoms with E-state index in [4.69, 9.17) is 21.7 Å². The smallest absolute Gasteiger partial charge is 0.426 e. The molecule has 0 bridgehead atoms. The maximum atomic E-state index is 11.3. The zero-order valence-corrected chi connectivity index (χ0v) is 11.9. The lowest BCUT2D eigenvalue weighted by molar-refractivity contribution is 0.0512. The minimum Gasteiger partial charge on any atom is -0.443 e. The molecular weight excluding hydrogens is 254 g/mol. The van der Waals surface area contributed by atoms with Crippen molar-refractivity contribution in [1.82, 2.24) is 16.2 Å². The van der Waals surface area contributed by atoms with Crippen molar-refractivity contribution in [3.8, 4) is 0 Å². The normalized spacial score (nSPS) is 19.2. The van der Waals surface area contributed by atoms with E-state index in [1.165, 1.54) is 0 Å². The first-order chi connectivity index (χ1) is 8.37.